The fourth-order valence-electron chi connectivity index (χ4n) is 2.82. The van der Waals surface area contributed by atoms with Crippen LogP contribution in [-0.4, -0.2) is 11.0 Å². The molecule has 2 aromatic carbocycles. The summed E-state index contributed by atoms with van der Waals surface area (Å²) in [6, 6.07) is 12.3. The predicted molar refractivity (Wildman–Crippen MR) is 111 cm³/mol. The summed E-state index contributed by atoms with van der Waals surface area (Å²) in [4.78, 5) is 13.0. The molecule has 0 spiro atoms. The number of carbonyl (C=O) groups excluding carboxylic acids is 1. The zero-order valence-electron chi connectivity index (χ0n) is 14.2. The molecule has 1 aliphatic rings. The number of anilines is 1. The van der Waals surface area contributed by atoms with Gasteiger partial charge in [0, 0.05) is 21.4 Å². The van der Waals surface area contributed by atoms with E-state index in [9.17, 15) is 4.79 Å². The van der Waals surface area contributed by atoms with Gasteiger partial charge in [0.25, 0.3) is 5.91 Å². The largest absolute Gasteiger partial charge is 0.351 e. The Morgan fingerprint density at radius 3 is 2.42 bits per heavy atom. The van der Waals surface area contributed by atoms with E-state index >= 15 is 0 Å². The summed E-state index contributed by atoms with van der Waals surface area (Å²) in [6.07, 6.45) is 0. The highest BCUT2D eigenvalue weighted by molar-refractivity contribution is 7.80. The van der Waals surface area contributed by atoms with Crippen LogP contribution in [0.15, 0.2) is 53.7 Å². The average Bonchev–Trinajstić information content (AvgIpc) is 2.58. The van der Waals surface area contributed by atoms with E-state index in [1.165, 1.54) is 0 Å². The molecule has 2 aromatic rings. The van der Waals surface area contributed by atoms with Crippen LogP contribution in [0.4, 0.5) is 5.69 Å². The molecule has 134 valence electrons. The third kappa shape index (κ3) is 4.01. The monoisotopic (exact) mass is 405 g/mol. The maximum Gasteiger partial charge on any atom is 0.255 e. The van der Waals surface area contributed by atoms with Crippen LogP contribution in [-0.2, 0) is 4.79 Å². The molecule has 0 fully saturated rings. The second kappa shape index (κ2) is 7.66. The van der Waals surface area contributed by atoms with Crippen LogP contribution < -0.4 is 16.0 Å². The summed E-state index contributed by atoms with van der Waals surface area (Å²) in [7, 11) is 0. The van der Waals surface area contributed by atoms with Crippen molar-refractivity contribution >= 4 is 52.1 Å². The minimum Gasteiger partial charge on any atom is -0.351 e. The molecule has 1 amide bonds. The summed E-state index contributed by atoms with van der Waals surface area (Å²) >= 11 is 17.3. The van der Waals surface area contributed by atoms with Crippen molar-refractivity contribution in [3.05, 3.63) is 74.9 Å². The maximum atomic E-state index is 13.0. The molecule has 0 bridgehead atoms. The number of allylic oxidation sites excluding steroid dienone is 1. The molecule has 7 heteroatoms. The Labute approximate surface area is 167 Å². The number of thiocarbonyl (C=S) groups is 1. The van der Waals surface area contributed by atoms with Gasteiger partial charge in [-0.25, -0.2) is 0 Å². The van der Waals surface area contributed by atoms with Crippen LogP contribution in [0.2, 0.25) is 10.0 Å². The third-order valence-electron chi connectivity index (χ3n) is 4.16. The van der Waals surface area contributed by atoms with Crippen molar-refractivity contribution in [1.82, 2.24) is 10.6 Å². The highest BCUT2D eigenvalue weighted by Gasteiger charge is 2.30. The van der Waals surface area contributed by atoms with E-state index < -0.39 is 0 Å². The van der Waals surface area contributed by atoms with Gasteiger partial charge in [-0.15, -0.1) is 0 Å². The topological polar surface area (TPSA) is 53.2 Å². The molecule has 0 radical (unpaired) electrons. The van der Waals surface area contributed by atoms with Crippen LogP contribution in [0.1, 0.15) is 24.1 Å². The highest BCUT2D eigenvalue weighted by Crippen LogP contribution is 2.29. The first-order chi connectivity index (χ1) is 12.3. The molecule has 1 aliphatic heterocycles. The van der Waals surface area contributed by atoms with Crippen molar-refractivity contribution in [3.8, 4) is 0 Å². The van der Waals surface area contributed by atoms with Crippen LogP contribution in [0.3, 0.4) is 0 Å². The van der Waals surface area contributed by atoms with Crippen molar-refractivity contribution in [2.24, 2.45) is 0 Å². The number of amides is 1. The smallest absolute Gasteiger partial charge is 0.255 e. The van der Waals surface area contributed by atoms with E-state index in [2.05, 4.69) is 16.0 Å². The second-order valence-electron chi connectivity index (χ2n) is 6.04. The van der Waals surface area contributed by atoms with Gasteiger partial charge >= 0.3 is 0 Å². The minimum atomic E-state index is -0.375. The summed E-state index contributed by atoms with van der Waals surface area (Å²) in [5.74, 6) is -0.227. The standard InChI is InChI=1S/C19H17Cl2N3OS/c1-10-3-6-14(21)9-15(10)23-18(25)16-11(2)22-19(26)24-17(16)12-4-7-13(20)8-5-12/h3-9,17H,1-2H3,(H,23,25)(H2,22,24,26). The lowest BCUT2D eigenvalue weighted by Crippen LogP contribution is -2.45. The molecule has 1 atom stereocenters. The minimum absolute atomic E-state index is 0.227. The Morgan fingerprint density at radius 1 is 1.08 bits per heavy atom. The van der Waals surface area contributed by atoms with E-state index in [1.807, 2.05) is 32.0 Å². The van der Waals surface area contributed by atoms with Crippen molar-refractivity contribution < 1.29 is 4.79 Å². The number of hydrogen-bond donors (Lipinski definition) is 3. The van der Waals surface area contributed by atoms with Crippen LogP contribution >= 0.6 is 35.4 Å². The molecule has 0 aromatic heterocycles. The lowest BCUT2D eigenvalue weighted by molar-refractivity contribution is -0.113. The Hall–Kier alpha value is -2.08. The van der Waals surface area contributed by atoms with Gasteiger partial charge in [-0.2, -0.15) is 0 Å². The van der Waals surface area contributed by atoms with E-state index in [1.54, 1.807) is 24.3 Å². The number of aryl methyl sites for hydroxylation is 1. The van der Waals surface area contributed by atoms with Crippen molar-refractivity contribution in [2.45, 2.75) is 19.9 Å². The number of nitrogens with one attached hydrogen (secondary N) is 3. The second-order valence-corrected chi connectivity index (χ2v) is 7.32. The maximum absolute atomic E-state index is 13.0. The molecular formula is C19H17Cl2N3OS. The summed E-state index contributed by atoms with van der Waals surface area (Å²) in [6.45, 7) is 3.74. The Bertz CT molecular complexity index is 910. The first-order valence-electron chi connectivity index (χ1n) is 7.96. The van der Waals surface area contributed by atoms with Gasteiger partial charge in [0.15, 0.2) is 5.11 Å². The number of hydrogen-bond acceptors (Lipinski definition) is 2. The fraction of sp³-hybridized carbons (Fsp3) is 0.158. The van der Waals surface area contributed by atoms with Crippen LogP contribution in [0, 0.1) is 6.92 Å². The molecule has 3 rings (SSSR count). The first-order valence-corrected chi connectivity index (χ1v) is 9.13. The van der Waals surface area contributed by atoms with E-state index in [0.717, 1.165) is 11.1 Å². The number of benzene rings is 2. The van der Waals surface area contributed by atoms with E-state index in [-0.39, 0.29) is 11.9 Å². The van der Waals surface area contributed by atoms with E-state index in [0.29, 0.717) is 32.1 Å². The lowest BCUT2D eigenvalue weighted by atomic mass is 9.95. The fourth-order valence-corrected chi connectivity index (χ4v) is 3.39. The van der Waals surface area contributed by atoms with Gasteiger partial charge in [-0.05, 0) is 61.5 Å². The summed E-state index contributed by atoms with van der Waals surface area (Å²) < 4.78 is 0. The zero-order valence-corrected chi connectivity index (χ0v) is 16.5. The molecular weight excluding hydrogens is 389 g/mol. The van der Waals surface area contributed by atoms with Gasteiger partial charge in [0.05, 0.1) is 11.6 Å². The van der Waals surface area contributed by atoms with Crippen LogP contribution in [0.5, 0.6) is 0 Å². The molecule has 4 nitrogen and oxygen atoms in total. The lowest BCUT2D eigenvalue weighted by Gasteiger charge is -2.30. The number of carbonyl (C=O) groups is 1. The average molecular weight is 406 g/mol. The van der Waals surface area contributed by atoms with Gasteiger partial charge in [-0.3, -0.25) is 4.79 Å². The van der Waals surface area contributed by atoms with Gasteiger partial charge in [-0.1, -0.05) is 41.4 Å². The van der Waals surface area contributed by atoms with Gasteiger partial charge in [0.1, 0.15) is 0 Å². The van der Waals surface area contributed by atoms with E-state index in [4.69, 9.17) is 35.4 Å². The van der Waals surface area contributed by atoms with Gasteiger partial charge < -0.3 is 16.0 Å². The highest BCUT2D eigenvalue weighted by atomic mass is 35.5. The number of halogens is 2. The molecule has 0 aliphatic carbocycles. The normalized spacial score (nSPS) is 16.8. The Morgan fingerprint density at radius 2 is 1.73 bits per heavy atom. The zero-order chi connectivity index (χ0) is 18.8. The summed E-state index contributed by atoms with van der Waals surface area (Å²) in [5.41, 5.74) is 3.75. The van der Waals surface area contributed by atoms with Crippen molar-refractivity contribution in [2.75, 3.05) is 5.32 Å². The predicted octanol–water partition coefficient (Wildman–Crippen LogP) is 4.73. The van der Waals surface area contributed by atoms with Crippen molar-refractivity contribution in [1.29, 1.82) is 0 Å². The molecule has 3 N–H and O–H groups in total. The SMILES string of the molecule is CC1=C(C(=O)Nc2cc(Cl)ccc2C)C(c2ccc(Cl)cc2)NC(=S)N1. The van der Waals surface area contributed by atoms with Gasteiger partial charge in [0.2, 0.25) is 0 Å². The summed E-state index contributed by atoms with van der Waals surface area (Å²) in [5, 5.41) is 10.8. The quantitative estimate of drug-likeness (QED) is 0.645. The van der Waals surface area contributed by atoms with Crippen LogP contribution in [0.25, 0.3) is 0 Å². The first kappa shape index (κ1) is 18.7. The molecule has 1 unspecified atom stereocenters. The molecule has 1 heterocycles. The molecule has 26 heavy (non-hydrogen) atoms. The Kier molecular flexibility index (Phi) is 5.51. The molecule has 0 saturated carbocycles. The van der Waals surface area contributed by atoms with Crippen molar-refractivity contribution in [3.63, 3.8) is 0 Å². The Balaban J connectivity index is 1.96. The third-order valence-corrected chi connectivity index (χ3v) is 4.87. The number of rotatable bonds is 3. The molecule has 0 saturated heterocycles.